The third-order valence-electron chi connectivity index (χ3n) is 3.86. The van der Waals surface area contributed by atoms with Crippen LogP contribution in [0, 0.1) is 0 Å². The molecule has 3 rings (SSSR count). The molecule has 1 aromatic carbocycles. The molecule has 0 spiro atoms. The number of aliphatic hydroxyl groups is 1. The van der Waals surface area contributed by atoms with E-state index < -0.39 is 11.7 Å². The quantitative estimate of drug-likeness (QED) is 0.918. The Morgan fingerprint density at radius 1 is 1.35 bits per heavy atom. The highest BCUT2D eigenvalue weighted by atomic mass is 35.5. The minimum Gasteiger partial charge on any atom is -0.478 e. The first kappa shape index (κ1) is 16.3. The average Bonchev–Trinajstić information content (AvgIpc) is 2.97. The van der Waals surface area contributed by atoms with Gasteiger partial charge in [0.05, 0.1) is 19.2 Å². The molecule has 122 valence electrons. The van der Waals surface area contributed by atoms with E-state index in [0.717, 1.165) is 10.4 Å². The van der Waals surface area contributed by atoms with Crippen LogP contribution < -0.4 is 4.74 Å². The second kappa shape index (κ2) is 6.15. The zero-order valence-corrected chi connectivity index (χ0v) is 14.5. The summed E-state index contributed by atoms with van der Waals surface area (Å²) in [6, 6.07) is 8.83. The second-order valence-electron chi connectivity index (χ2n) is 6.07. The molecule has 1 amide bonds. The van der Waals surface area contributed by atoms with E-state index in [2.05, 4.69) is 0 Å². The van der Waals surface area contributed by atoms with Gasteiger partial charge in [0, 0.05) is 9.90 Å². The van der Waals surface area contributed by atoms with E-state index in [1.165, 1.54) is 0 Å². The number of thiophene rings is 1. The highest BCUT2D eigenvalue weighted by molar-refractivity contribution is 7.10. The second-order valence-corrected chi connectivity index (χ2v) is 7.50. The van der Waals surface area contributed by atoms with E-state index in [0.29, 0.717) is 17.3 Å². The van der Waals surface area contributed by atoms with E-state index in [1.807, 2.05) is 11.4 Å². The molecule has 0 radical (unpaired) electrons. The smallest absolute Gasteiger partial charge is 0.266 e. The standard InChI is InChI=1S/C17H18ClNO3S/c1-17(2,22-12-5-3-11(18)4-6-12)16(21)19-9-14(20)13-7-8-23-15(13)10-19/h3-8,14,20H,9-10H2,1-2H3. The van der Waals surface area contributed by atoms with Crippen molar-refractivity contribution in [3.05, 3.63) is 51.2 Å². The maximum Gasteiger partial charge on any atom is 0.266 e. The van der Waals surface area contributed by atoms with Gasteiger partial charge in [-0.1, -0.05) is 11.6 Å². The van der Waals surface area contributed by atoms with Crippen molar-refractivity contribution in [1.29, 1.82) is 0 Å². The molecule has 0 saturated heterocycles. The summed E-state index contributed by atoms with van der Waals surface area (Å²) in [7, 11) is 0. The monoisotopic (exact) mass is 351 g/mol. The van der Waals surface area contributed by atoms with Crippen LogP contribution in [0.25, 0.3) is 0 Å². The number of carbonyl (C=O) groups excluding carboxylic acids is 1. The first-order valence-electron chi connectivity index (χ1n) is 7.35. The van der Waals surface area contributed by atoms with Gasteiger partial charge in [-0.25, -0.2) is 0 Å². The molecule has 0 bridgehead atoms. The van der Waals surface area contributed by atoms with Crippen molar-refractivity contribution in [2.45, 2.75) is 32.1 Å². The van der Waals surface area contributed by atoms with E-state index >= 15 is 0 Å². The van der Waals surface area contributed by atoms with Gasteiger partial charge in [0.2, 0.25) is 0 Å². The molecule has 2 aromatic rings. The molecule has 1 aliphatic heterocycles. The predicted molar refractivity (Wildman–Crippen MR) is 90.9 cm³/mol. The third-order valence-corrected chi connectivity index (χ3v) is 5.03. The van der Waals surface area contributed by atoms with Crippen molar-refractivity contribution in [1.82, 2.24) is 4.90 Å². The van der Waals surface area contributed by atoms with Gasteiger partial charge >= 0.3 is 0 Å². The molecule has 6 heteroatoms. The van der Waals surface area contributed by atoms with Crippen LogP contribution in [-0.4, -0.2) is 28.1 Å². The molecular weight excluding hydrogens is 334 g/mol. The number of amides is 1. The Morgan fingerprint density at radius 3 is 2.74 bits per heavy atom. The Bertz CT molecular complexity index is 711. The highest BCUT2D eigenvalue weighted by Gasteiger charge is 2.37. The average molecular weight is 352 g/mol. The fourth-order valence-corrected chi connectivity index (χ4v) is 3.77. The van der Waals surface area contributed by atoms with Crippen LogP contribution in [0.15, 0.2) is 35.7 Å². The summed E-state index contributed by atoms with van der Waals surface area (Å²) in [6.45, 7) is 4.27. The molecule has 0 saturated carbocycles. The maximum absolute atomic E-state index is 12.8. The Labute approximate surface area is 144 Å². The van der Waals surface area contributed by atoms with Crippen LogP contribution in [0.5, 0.6) is 5.75 Å². The van der Waals surface area contributed by atoms with E-state index in [9.17, 15) is 9.90 Å². The summed E-state index contributed by atoms with van der Waals surface area (Å²) in [5.41, 5.74) is -0.0991. The number of β-amino-alcohol motifs (C(OH)–C–C–N with tert-alkyl or cyclic N) is 1. The predicted octanol–water partition coefficient (Wildman–Crippen LogP) is 3.63. The van der Waals surface area contributed by atoms with Crippen LogP contribution >= 0.6 is 22.9 Å². The lowest BCUT2D eigenvalue weighted by Gasteiger charge is -2.36. The number of benzene rings is 1. The number of hydrogen-bond donors (Lipinski definition) is 1. The molecule has 1 aliphatic rings. The summed E-state index contributed by atoms with van der Waals surface area (Å²) in [5.74, 6) is 0.438. The number of hydrogen-bond acceptors (Lipinski definition) is 4. The van der Waals surface area contributed by atoms with Gasteiger partial charge < -0.3 is 14.7 Å². The number of nitrogens with zero attached hydrogens (tertiary/aromatic N) is 1. The van der Waals surface area contributed by atoms with Gasteiger partial charge in [-0.15, -0.1) is 11.3 Å². The lowest BCUT2D eigenvalue weighted by atomic mass is 10.0. The third kappa shape index (κ3) is 3.37. The van der Waals surface area contributed by atoms with E-state index in [1.54, 1.807) is 54.3 Å². The van der Waals surface area contributed by atoms with Gasteiger partial charge in [0.15, 0.2) is 5.60 Å². The SMILES string of the molecule is CC(C)(Oc1ccc(Cl)cc1)C(=O)N1Cc2sccc2C(O)C1. The number of carbonyl (C=O) groups is 1. The van der Waals surface area contributed by atoms with Gasteiger partial charge in [0.1, 0.15) is 5.75 Å². The molecular formula is C17H18ClNO3S. The summed E-state index contributed by atoms with van der Waals surface area (Å²) < 4.78 is 5.85. The molecule has 0 aliphatic carbocycles. The number of halogens is 1. The molecule has 1 unspecified atom stereocenters. The fraction of sp³-hybridized carbons (Fsp3) is 0.353. The van der Waals surface area contributed by atoms with Gasteiger partial charge in [-0.05, 0) is 55.1 Å². The van der Waals surface area contributed by atoms with Crippen molar-refractivity contribution in [2.75, 3.05) is 6.54 Å². The molecule has 23 heavy (non-hydrogen) atoms. The Hall–Kier alpha value is -1.56. The summed E-state index contributed by atoms with van der Waals surface area (Å²) in [5, 5.41) is 12.8. The maximum atomic E-state index is 12.8. The summed E-state index contributed by atoms with van der Waals surface area (Å²) in [4.78, 5) is 15.5. The first-order chi connectivity index (χ1) is 10.9. The fourth-order valence-electron chi connectivity index (χ4n) is 2.70. The van der Waals surface area contributed by atoms with E-state index in [-0.39, 0.29) is 12.5 Å². The zero-order valence-electron chi connectivity index (χ0n) is 13.0. The first-order valence-corrected chi connectivity index (χ1v) is 8.61. The van der Waals surface area contributed by atoms with E-state index in [4.69, 9.17) is 16.3 Å². The Kier molecular flexibility index (Phi) is 4.36. The zero-order chi connectivity index (χ0) is 16.6. The van der Waals surface area contributed by atoms with Gasteiger partial charge in [0.25, 0.3) is 5.91 Å². The molecule has 1 N–H and O–H groups in total. The molecule has 0 fully saturated rings. The molecule has 4 nitrogen and oxygen atoms in total. The Balaban J connectivity index is 1.75. The van der Waals surface area contributed by atoms with Crippen LogP contribution in [0.4, 0.5) is 0 Å². The van der Waals surface area contributed by atoms with Gasteiger partial charge in [-0.3, -0.25) is 4.79 Å². The molecule has 1 aromatic heterocycles. The largest absolute Gasteiger partial charge is 0.478 e. The number of aliphatic hydroxyl groups excluding tert-OH is 1. The van der Waals surface area contributed by atoms with Crippen molar-refractivity contribution in [3.8, 4) is 5.75 Å². The molecule has 2 heterocycles. The highest BCUT2D eigenvalue weighted by Crippen LogP contribution is 2.32. The number of rotatable bonds is 3. The molecule has 1 atom stereocenters. The lowest BCUT2D eigenvalue weighted by molar-refractivity contribution is -0.148. The van der Waals surface area contributed by atoms with Crippen LogP contribution in [0.3, 0.4) is 0 Å². The minimum atomic E-state index is -1.03. The van der Waals surface area contributed by atoms with Crippen molar-refractivity contribution in [2.24, 2.45) is 0 Å². The van der Waals surface area contributed by atoms with Crippen LogP contribution in [-0.2, 0) is 11.3 Å². The minimum absolute atomic E-state index is 0.148. The van der Waals surface area contributed by atoms with Crippen molar-refractivity contribution < 1.29 is 14.6 Å². The van der Waals surface area contributed by atoms with Gasteiger partial charge in [-0.2, -0.15) is 0 Å². The summed E-state index contributed by atoms with van der Waals surface area (Å²) in [6.07, 6.45) is -0.639. The summed E-state index contributed by atoms with van der Waals surface area (Å²) >= 11 is 7.42. The normalized spacial score (nSPS) is 17.7. The lowest BCUT2D eigenvalue weighted by Crippen LogP contribution is -2.50. The Morgan fingerprint density at radius 2 is 2.04 bits per heavy atom. The van der Waals surface area contributed by atoms with Crippen LogP contribution in [0.1, 0.15) is 30.4 Å². The topological polar surface area (TPSA) is 49.8 Å². The number of fused-ring (bicyclic) bond motifs is 1. The van der Waals surface area contributed by atoms with Crippen molar-refractivity contribution in [3.63, 3.8) is 0 Å². The number of ether oxygens (including phenoxy) is 1. The van der Waals surface area contributed by atoms with Crippen LogP contribution in [0.2, 0.25) is 5.02 Å². The van der Waals surface area contributed by atoms with Crippen molar-refractivity contribution >= 4 is 28.8 Å².